The number of benzene rings is 1. The monoisotopic (exact) mass is 307 g/mol. The number of carbonyl (C=O) groups excluding carboxylic acids is 1. The van der Waals surface area contributed by atoms with Crippen LogP contribution in [0.3, 0.4) is 0 Å². The minimum atomic E-state index is -0.713. The maximum absolute atomic E-state index is 13.6. The molecule has 1 heterocycles. The van der Waals surface area contributed by atoms with E-state index in [1.54, 1.807) is 0 Å². The number of ether oxygens (including phenoxy) is 1. The first-order valence-electron chi connectivity index (χ1n) is 6.90. The van der Waals surface area contributed by atoms with Crippen molar-refractivity contribution in [3.8, 4) is 5.75 Å². The molecule has 7 heteroatoms. The van der Waals surface area contributed by atoms with Crippen LogP contribution in [0.1, 0.15) is 33.7 Å². The van der Waals surface area contributed by atoms with E-state index in [1.165, 1.54) is 17.6 Å². The Bertz CT molecular complexity index is 651. The van der Waals surface area contributed by atoms with Gasteiger partial charge in [-0.15, -0.1) is 0 Å². The molecule has 22 heavy (non-hydrogen) atoms. The number of halogens is 1. The van der Waals surface area contributed by atoms with Gasteiger partial charge in [0.05, 0.1) is 12.3 Å². The summed E-state index contributed by atoms with van der Waals surface area (Å²) in [4.78, 5) is 11.3. The Balaban J connectivity index is 1.93. The average molecular weight is 307 g/mol. The Morgan fingerprint density at radius 2 is 2.23 bits per heavy atom. The highest BCUT2D eigenvalue weighted by molar-refractivity contribution is 5.93. The van der Waals surface area contributed by atoms with Gasteiger partial charge in [-0.2, -0.15) is 5.10 Å². The third-order valence-corrected chi connectivity index (χ3v) is 3.40. The Labute approximate surface area is 127 Å². The minimum absolute atomic E-state index is 0.0123. The number of hydroxylamine groups is 1. The van der Waals surface area contributed by atoms with Crippen LogP contribution in [-0.2, 0) is 6.42 Å². The van der Waals surface area contributed by atoms with Crippen molar-refractivity contribution >= 4 is 5.91 Å². The molecule has 0 aliphatic rings. The lowest BCUT2D eigenvalue weighted by atomic mass is 10.1. The third kappa shape index (κ3) is 3.62. The van der Waals surface area contributed by atoms with E-state index in [0.29, 0.717) is 13.0 Å². The van der Waals surface area contributed by atoms with Gasteiger partial charge in [0.25, 0.3) is 5.91 Å². The van der Waals surface area contributed by atoms with E-state index in [1.807, 2.05) is 13.8 Å². The van der Waals surface area contributed by atoms with Gasteiger partial charge in [-0.25, -0.2) is 9.87 Å². The molecule has 2 rings (SSSR count). The van der Waals surface area contributed by atoms with Gasteiger partial charge < -0.3 is 4.74 Å². The second-order valence-electron chi connectivity index (χ2n) is 4.95. The molecule has 1 aromatic carbocycles. The van der Waals surface area contributed by atoms with Crippen LogP contribution in [0.5, 0.6) is 5.75 Å². The van der Waals surface area contributed by atoms with E-state index in [-0.39, 0.29) is 11.3 Å². The standard InChI is InChI=1S/C15H18FN3O3/c1-9-12(10(2)18-17-9)4-3-7-22-14-8-11(15(20)19-21)5-6-13(14)16/h5-6,8,21H,3-4,7H2,1-2H3,(H,17,18)(H,19,20). The number of hydrogen-bond donors (Lipinski definition) is 3. The molecule has 0 radical (unpaired) electrons. The van der Waals surface area contributed by atoms with E-state index >= 15 is 0 Å². The van der Waals surface area contributed by atoms with Crippen molar-refractivity contribution < 1.29 is 19.1 Å². The van der Waals surface area contributed by atoms with Crippen LogP contribution >= 0.6 is 0 Å². The van der Waals surface area contributed by atoms with Crippen molar-refractivity contribution in [1.29, 1.82) is 0 Å². The van der Waals surface area contributed by atoms with Crippen LogP contribution in [0.2, 0.25) is 0 Å². The number of nitrogens with zero attached hydrogens (tertiary/aromatic N) is 1. The molecule has 0 saturated heterocycles. The highest BCUT2D eigenvalue weighted by Gasteiger charge is 2.11. The highest BCUT2D eigenvalue weighted by Crippen LogP contribution is 2.19. The molecule has 0 aliphatic carbocycles. The molecule has 6 nitrogen and oxygen atoms in total. The maximum atomic E-state index is 13.6. The Morgan fingerprint density at radius 1 is 1.45 bits per heavy atom. The molecule has 3 N–H and O–H groups in total. The first kappa shape index (κ1) is 16.0. The smallest absolute Gasteiger partial charge is 0.274 e. The van der Waals surface area contributed by atoms with Crippen LogP contribution in [-0.4, -0.2) is 27.9 Å². The molecule has 118 valence electrons. The highest BCUT2D eigenvalue weighted by atomic mass is 19.1. The number of aromatic amines is 1. The van der Waals surface area contributed by atoms with Gasteiger partial charge in [-0.1, -0.05) is 0 Å². The molecule has 0 saturated carbocycles. The lowest BCUT2D eigenvalue weighted by Gasteiger charge is -2.09. The number of H-pyrrole nitrogens is 1. The van der Waals surface area contributed by atoms with Crippen LogP contribution in [0.15, 0.2) is 18.2 Å². The van der Waals surface area contributed by atoms with Crippen LogP contribution in [0, 0.1) is 19.7 Å². The zero-order chi connectivity index (χ0) is 16.1. The van der Waals surface area contributed by atoms with Crippen molar-refractivity contribution in [2.45, 2.75) is 26.7 Å². The Hall–Kier alpha value is -2.41. The van der Waals surface area contributed by atoms with E-state index in [9.17, 15) is 9.18 Å². The molecule has 0 bridgehead atoms. The van der Waals surface area contributed by atoms with E-state index in [0.717, 1.165) is 29.4 Å². The van der Waals surface area contributed by atoms with Crippen LogP contribution < -0.4 is 10.2 Å². The Morgan fingerprint density at radius 3 is 2.86 bits per heavy atom. The van der Waals surface area contributed by atoms with Crippen molar-refractivity contribution in [1.82, 2.24) is 15.7 Å². The van der Waals surface area contributed by atoms with Gasteiger partial charge in [-0.3, -0.25) is 15.1 Å². The second-order valence-corrected chi connectivity index (χ2v) is 4.95. The van der Waals surface area contributed by atoms with Crippen molar-refractivity contribution in [3.63, 3.8) is 0 Å². The molecule has 1 amide bonds. The summed E-state index contributed by atoms with van der Waals surface area (Å²) in [6.07, 6.45) is 1.46. The van der Waals surface area contributed by atoms with E-state index in [2.05, 4.69) is 10.2 Å². The first-order valence-corrected chi connectivity index (χ1v) is 6.90. The summed E-state index contributed by atoms with van der Waals surface area (Å²) in [5, 5.41) is 15.6. The number of amides is 1. The molecule has 1 aromatic heterocycles. The molecule has 2 aromatic rings. The number of aromatic nitrogens is 2. The zero-order valence-electron chi connectivity index (χ0n) is 12.4. The van der Waals surface area contributed by atoms with E-state index < -0.39 is 11.7 Å². The van der Waals surface area contributed by atoms with Gasteiger partial charge in [-0.05, 0) is 50.5 Å². The first-order chi connectivity index (χ1) is 10.5. The largest absolute Gasteiger partial charge is 0.490 e. The second kappa shape index (κ2) is 7.04. The zero-order valence-corrected chi connectivity index (χ0v) is 12.4. The van der Waals surface area contributed by atoms with E-state index in [4.69, 9.17) is 9.94 Å². The van der Waals surface area contributed by atoms with Crippen molar-refractivity contribution in [2.75, 3.05) is 6.61 Å². The number of rotatable bonds is 6. The number of nitrogens with one attached hydrogen (secondary N) is 2. The average Bonchev–Trinajstić information content (AvgIpc) is 2.83. The molecule has 0 unspecified atom stereocenters. The molecular weight excluding hydrogens is 289 g/mol. The van der Waals surface area contributed by atoms with Gasteiger partial charge in [0.1, 0.15) is 0 Å². The predicted octanol–water partition coefficient (Wildman–Crippen LogP) is 2.30. The van der Waals surface area contributed by atoms with Crippen LogP contribution in [0.4, 0.5) is 4.39 Å². The molecule has 0 spiro atoms. The topological polar surface area (TPSA) is 87.2 Å². The molecule has 0 aliphatic heterocycles. The van der Waals surface area contributed by atoms with Gasteiger partial charge in [0.15, 0.2) is 11.6 Å². The summed E-state index contributed by atoms with van der Waals surface area (Å²) in [6, 6.07) is 3.66. The van der Waals surface area contributed by atoms with Gasteiger partial charge >= 0.3 is 0 Å². The number of carbonyl (C=O) groups is 1. The van der Waals surface area contributed by atoms with Crippen LogP contribution in [0.25, 0.3) is 0 Å². The quantitative estimate of drug-likeness (QED) is 0.434. The minimum Gasteiger partial charge on any atom is -0.490 e. The van der Waals surface area contributed by atoms with Gasteiger partial charge in [0, 0.05) is 11.3 Å². The molecule has 0 fully saturated rings. The third-order valence-electron chi connectivity index (χ3n) is 3.40. The lowest BCUT2D eigenvalue weighted by Crippen LogP contribution is -2.18. The summed E-state index contributed by atoms with van der Waals surface area (Å²) < 4.78 is 19.0. The SMILES string of the molecule is Cc1n[nH]c(C)c1CCCOc1cc(C(=O)NO)ccc1F. The summed E-state index contributed by atoms with van der Waals surface area (Å²) in [5.41, 5.74) is 4.73. The fourth-order valence-corrected chi connectivity index (χ4v) is 2.19. The molecule has 0 atom stereocenters. The maximum Gasteiger partial charge on any atom is 0.274 e. The van der Waals surface area contributed by atoms with Gasteiger partial charge in [0.2, 0.25) is 0 Å². The summed E-state index contributed by atoms with van der Waals surface area (Å²) in [5.74, 6) is -1.28. The number of aryl methyl sites for hydroxylation is 2. The Kier molecular flexibility index (Phi) is 5.11. The lowest BCUT2D eigenvalue weighted by molar-refractivity contribution is 0.0706. The predicted molar refractivity (Wildman–Crippen MR) is 77.5 cm³/mol. The van der Waals surface area contributed by atoms with Crippen molar-refractivity contribution in [2.24, 2.45) is 0 Å². The summed E-state index contributed by atoms with van der Waals surface area (Å²) in [6.45, 7) is 4.19. The normalized spacial score (nSPS) is 10.5. The summed E-state index contributed by atoms with van der Waals surface area (Å²) >= 11 is 0. The van der Waals surface area contributed by atoms with Crippen molar-refractivity contribution in [3.05, 3.63) is 46.5 Å². The summed E-state index contributed by atoms with van der Waals surface area (Å²) in [7, 11) is 0. The fourth-order valence-electron chi connectivity index (χ4n) is 2.19. The molecular formula is C15H18FN3O3. The number of hydrogen-bond acceptors (Lipinski definition) is 4. The fraction of sp³-hybridized carbons (Fsp3) is 0.333.